The summed E-state index contributed by atoms with van der Waals surface area (Å²) in [6.45, 7) is 2.35. The number of hydrogen-bond donors (Lipinski definition) is 1. The Kier molecular flexibility index (Phi) is 2.83. The third-order valence-electron chi connectivity index (χ3n) is 2.22. The highest BCUT2D eigenvalue weighted by Crippen LogP contribution is 2.15. The van der Waals surface area contributed by atoms with Gasteiger partial charge in [0.2, 0.25) is 0 Å². The molecule has 0 atom stereocenters. The van der Waals surface area contributed by atoms with Gasteiger partial charge in [-0.3, -0.25) is 0 Å². The molecule has 2 N–H and O–H groups in total. The lowest BCUT2D eigenvalue weighted by Gasteiger charge is -2.04. The van der Waals surface area contributed by atoms with Crippen LogP contribution in [-0.2, 0) is 6.54 Å². The molecule has 78 valence electrons. The molecule has 1 heterocycles. The number of aryl methyl sites for hydroxylation is 1. The average molecular weight is 267 g/mol. The van der Waals surface area contributed by atoms with Crippen LogP contribution < -0.4 is 5.73 Å². The zero-order valence-corrected chi connectivity index (χ0v) is 9.90. The molecule has 1 aromatic carbocycles. The quantitative estimate of drug-likeness (QED) is 0.902. The van der Waals surface area contributed by atoms with E-state index >= 15 is 0 Å². The van der Waals surface area contributed by atoms with E-state index in [1.807, 2.05) is 31.2 Å². The van der Waals surface area contributed by atoms with Gasteiger partial charge in [0.05, 0.1) is 17.1 Å². The van der Waals surface area contributed by atoms with Crippen LogP contribution in [0.25, 0.3) is 5.69 Å². The van der Waals surface area contributed by atoms with E-state index in [1.54, 1.807) is 4.68 Å². The zero-order chi connectivity index (χ0) is 10.8. The van der Waals surface area contributed by atoms with Crippen molar-refractivity contribution in [3.05, 3.63) is 40.1 Å². The monoisotopic (exact) mass is 266 g/mol. The van der Waals surface area contributed by atoms with E-state index < -0.39 is 0 Å². The molecule has 0 amide bonds. The van der Waals surface area contributed by atoms with Crippen LogP contribution in [0.15, 0.2) is 28.7 Å². The Bertz CT molecular complexity index is 461. The molecule has 2 aromatic rings. The van der Waals surface area contributed by atoms with Gasteiger partial charge in [-0.1, -0.05) is 21.1 Å². The first-order valence-electron chi connectivity index (χ1n) is 4.59. The summed E-state index contributed by atoms with van der Waals surface area (Å²) in [5.41, 5.74) is 8.44. The maximum absolute atomic E-state index is 5.65. The van der Waals surface area contributed by atoms with E-state index in [-0.39, 0.29) is 0 Å². The van der Waals surface area contributed by atoms with E-state index in [1.165, 1.54) is 0 Å². The predicted octanol–water partition coefficient (Wildman–Crippen LogP) is 1.80. The SMILES string of the molecule is Cc1nnn(-c2ccc(Br)cc2)c1CN. The molecule has 1 aromatic heterocycles. The lowest BCUT2D eigenvalue weighted by molar-refractivity contribution is 0.761. The van der Waals surface area contributed by atoms with Crippen LogP contribution in [0.2, 0.25) is 0 Å². The molecule has 0 saturated carbocycles. The van der Waals surface area contributed by atoms with Crippen molar-refractivity contribution in [2.75, 3.05) is 0 Å². The van der Waals surface area contributed by atoms with Crippen molar-refractivity contribution in [1.29, 1.82) is 0 Å². The molecule has 0 spiro atoms. The second kappa shape index (κ2) is 4.12. The molecule has 0 radical (unpaired) electrons. The van der Waals surface area contributed by atoms with Gasteiger partial charge in [0, 0.05) is 11.0 Å². The Labute approximate surface area is 96.2 Å². The molecular weight excluding hydrogens is 256 g/mol. The molecule has 0 unspecified atom stereocenters. The zero-order valence-electron chi connectivity index (χ0n) is 8.31. The summed E-state index contributed by atoms with van der Waals surface area (Å²) in [7, 11) is 0. The second-order valence-electron chi connectivity index (χ2n) is 3.21. The van der Waals surface area contributed by atoms with Crippen molar-refractivity contribution in [3.63, 3.8) is 0 Å². The standard InChI is InChI=1S/C10H11BrN4/c1-7-10(6-12)15(14-13-7)9-4-2-8(11)3-5-9/h2-5H,6,12H2,1H3. The maximum Gasteiger partial charge on any atom is 0.0846 e. The number of nitrogens with zero attached hydrogens (tertiary/aromatic N) is 3. The minimum Gasteiger partial charge on any atom is -0.325 e. The molecule has 0 bridgehead atoms. The normalized spacial score (nSPS) is 10.6. The number of aromatic nitrogens is 3. The first-order chi connectivity index (χ1) is 7.22. The van der Waals surface area contributed by atoms with Gasteiger partial charge in [-0.2, -0.15) is 0 Å². The van der Waals surface area contributed by atoms with Crippen LogP contribution in [0.4, 0.5) is 0 Å². The van der Waals surface area contributed by atoms with E-state index in [2.05, 4.69) is 26.2 Å². The predicted molar refractivity (Wildman–Crippen MR) is 61.7 cm³/mol. The molecule has 0 saturated heterocycles. The Balaban J connectivity index is 2.49. The van der Waals surface area contributed by atoms with Crippen molar-refractivity contribution in [2.24, 2.45) is 5.73 Å². The summed E-state index contributed by atoms with van der Waals surface area (Å²) < 4.78 is 2.80. The van der Waals surface area contributed by atoms with Crippen LogP contribution in [0.1, 0.15) is 11.4 Å². The van der Waals surface area contributed by atoms with Gasteiger partial charge in [0.15, 0.2) is 0 Å². The van der Waals surface area contributed by atoms with Crippen LogP contribution in [0.5, 0.6) is 0 Å². The fraction of sp³-hybridized carbons (Fsp3) is 0.200. The third kappa shape index (κ3) is 1.93. The summed E-state index contributed by atoms with van der Waals surface area (Å²) in [5.74, 6) is 0. The number of rotatable bonds is 2. The van der Waals surface area contributed by atoms with Gasteiger partial charge in [-0.25, -0.2) is 4.68 Å². The Morgan fingerprint density at radius 2 is 2.00 bits per heavy atom. The number of nitrogens with two attached hydrogens (primary N) is 1. The molecule has 0 aliphatic heterocycles. The first kappa shape index (κ1) is 10.3. The van der Waals surface area contributed by atoms with Crippen LogP contribution >= 0.6 is 15.9 Å². The van der Waals surface area contributed by atoms with E-state index in [9.17, 15) is 0 Å². The lowest BCUT2D eigenvalue weighted by atomic mass is 10.3. The maximum atomic E-state index is 5.65. The van der Waals surface area contributed by atoms with Crippen molar-refractivity contribution >= 4 is 15.9 Å². The fourth-order valence-electron chi connectivity index (χ4n) is 1.40. The highest BCUT2D eigenvalue weighted by atomic mass is 79.9. The Morgan fingerprint density at radius 3 is 2.60 bits per heavy atom. The van der Waals surface area contributed by atoms with Crippen molar-refractivity contribution < 1.29 is 0 Å². The molecule has 2 rings (SSSR count). The minimum atomic E-state index is 0.439. The van der Waals surface area contributed by atoms with Crippen molar-refractivity contribution in [1.82, 2.24) is 15.0 Å². The number of hydrogen-bond acceptors (Lipinski definition) is 3. The molecule has 5 heteroatoms. The minimum absolute atomic E-state index is 0.439. The van der Waals surface area contributed by atoms with Crippen LogP contribution in [0, 0.1) is 6.92 Å². The van der Waals surface area contributed by atoms with Crippen molar-refractivity contribution in [3.8, 4) is 5.69 Å². The molecule has 4 nitrogen and oxygen atoms in total. The fourth-order valence-corrected chi connectivity index (χ4v) is 1.67. The molecular formula is C10H11BrN4. The van der Waals surface area contributed by atoms with Crippen LogP contribution in [0.3, 0.4) is 0 Å². The van der Waals surface area contributed by atoms with E-state index in [4.69, 9.17) is 5.73 Å². The van der Waals surface area contributed by atoms with Crippen molar-refractivity contribution in [2.45, 2.75) is 13.5 Å². The summed E-state index contributed by atoms with van der Waals surface area (Å²) in [4.78, 5) is 0. The van der Waals surface area contributed by atoms with Gasteiger partial charge >= 0.3 is 0 Å². The smallest absolute Gasteiger partial charge is 0.0846 e. The largest absolute Gasteiger partial charge is 0.325 e. The molecule has 0 aliphatic carbocycles. The second-order valence-corrected chi connectivity index (χ2v) is 4.13. The number of benzene rings is 1. The summed E-state index contributed by atoms with van der Waals surface area (Å²) in [5, 5.41) is 8.07. The molecule has 0 aliphatic rings. The number of halogens is 1. The third-order valence-corrected chi connectivity index (χ3v) is 2.75. The highest BCUT2D eigenvalue weighted by Gasteiger charge is 2.08. The topological polar surface area (TPSA) is 56.7 Å². The van der Waals surface area contributed by atoms with Gasteiger partial charge in [-0.15, -0.1) is 5.10 Å². The Morgan fingerprint density at radius 1 is 1.33 bits per heavy atom. The highest BCUT2D eigenvalue weighted by molar-refractivity contribution is 9.10. The summed E-state index contributed by atoms with van der Waals surface area (Å²) >= 11 is 3.39. The van der Waals surface area contributed by atoms with Gasteiger partial charge in [0.25, 0.3) is 0 Å². The summed E-state index contributed by atoms with van der Waals surface area (Å²) in [6.07, 6.45) is 0. The summed E-state index contributed by atoms with van der Waals surface area (Å²) in [6, 6.07) is 7.87. The van der Waals surface area contributed by atoms with Gasteiger partial charge in [-0.05, 0) is 31.2 Å². The van der Waals surface area contributed by atoms with E-state index in [0.717, 1.165) is 21.5 Å². The van der Waals surface area contributed by atoms with Gasteiger partial charge in [0.1, 0.15) is 0 Å². The molecule has 15 heavy (non-hydrogen) atoms. The molecule has 0 fully saturated rings. The lowest BCUT2D eigenvalue weighted by Crippen LogP contribution is -2.07. The van der Waals surface area contributed by atoms with E-state index in [0.29, 0.717) is 6.54 Å². The Hall–Kier alpha value is -1.20. The first-order valence-corrected chi connectivity index (χ1v) is 5.39. The van der Waals surface area contributed by atoms with Gasteiger partial charge < -0.3 is 5.73 Å². The average Bonchev–Trinajstić information content (AvgIpc) is 2.61. The van der Waals surface area contributed by atoms with Crippen LogP contribution in [-0.4, -0.2) is 15.0 Å².